The van der Waals surface area contributed by atoms with Crippen LogP contribution in [0.25, 0.3) is 0 Å². The molecular formula is C12H13ClN4O2S2. The first kappa shape index (κ1) is 15.9. The van der Waals surface area contributed by atoms with Crippen molar-refractivity contribution in [2.24, 2.45) is 5.73 Å². The fourth-order valence-corrected chi connectivity index (χ4v) is 3.35. The van der Waals surface area contributed by atoms with Crippen molar-refractivity contribution in [3.05, 3.63) is 46.2 Å². The van der Waals surface area contributed by atoms with E-state index >= 15 is 0 Å². The molecule has 1 heterocycles. The molecule has 21 heavy (non-hydrogen) atoms. The number of aromatic nitrogens is 2. The predicted molar refractivity (Wildman–Crippen MR) is 84.7 cm³/mol. The standard InChI is InChI=1S/C12H13ClN4O2S2/c1-7-9(5-15-17-7)6-16-21(18,19)11-3-2-8(12(14)20)4-10(11)13/h2-5,16H,6H2,1H3,(H2,14,20)(H,15,17). The van der Waals surface area contributed by atoms with Crippen LogP contribution in [-0.2, 0) is 16.6 Å². The lowest BCUT2D eigenvalue weighted by Crippen LogP contribution is -2.24. The van der Waals surface area contributed by atoms with E-state index in [2.05, 4.69) is 14.9 Å². The molecule has 2 aromatic rings. The lowest BCUT2D eigenvalue weighted by molar-refractivity contribution is 0.581. The Balaban J connectivity index is 2.23. The van der Waals surface area contributed by atoms with Crippen LogP contribution in [0.2, 0.25) is 5.02 Å². The molecule has 0 bridgehead atoms. The molecular weight excluding hydrogens is 332 g/mol. The van der Waals surface area contributed by atoms with Gasteiger partial charge in [0.2, 0.25) is 10.0 Å². The fourth-order valence-electron chi connectivity index (χ4n) is 1.68. The maximum Gasteiger partial charge on any atom is 0.242 e. The SMILES string of the molecule is Cc1[nH]ncc1CNS(=O)(=O)c1ccc(C(N)=S)cc1Cl. The zero-order chi connectivity index (χ0) is 15.6. The van der Waals surface area contributed by atoms with Gasteiger partial charge in [-0.2, -0.15) is 5.10 Å². The molecule has 0 amide bonds. The van der Waals surface area contributed by atoms with Gasteiger partial charge in [-0.3, -0.25) is 5.10 Å². The molecule has 0 atom stereocenters. The highest BCUT2D eigenvalue weighted by Crippen LogP contribution is 2.23. The van der Waals surface area contributed by atoms with Crippen LogP contribution in [0.15, 0.2) is 29.3 Å². The molecule has 0 saturated carbocycles. The maximum atomic E-state index is 12.3. The number of hydrogen-bond donors (Lipinski definition) is 3. The minimum atomic E-state index is -3.73. The molecule has 0 aliphatic carbocycles. The Kier molecular flexibility index (Phi) is 4.62. The molecule has 4 N–H and O–H groups in total. The van der Waals surface area contributed by atoms with E-state index in [4.69, 9.17) is 29.6 Å². The van der Waals surface area contributed by atoms with Crippen LogP contribution in [0.1, 0.15) is 16.8 Å². The number of halogens is 1. The number of sulfonamides is 1. The van der Waals surface area contributed by atoms with E-state index in [1.165, 1.54) is 18.2 Å². The Hall–Kier alpha value is -1.48. The molecule has 112 valence electrons. The van der Waals surface area contributed by atoms with Crippen molar-refractivity contribution >= 4 is 38.8 Å². The minimum absolute atomic E-state index is 0.0229. The monoisotopic (exact) mass is 344 g/mol. The highest BCUT2D eigenvalue weighted by Gasteiger charge is 2.18. The first-order valence-corrected chi connectivity index (χ1v) is 8.16. The molecule has 6 nitrogen and oxygen atoms in total. The summed E-state index contributed by atoms with van der Waals surface area (Å²) in [6, 6.07) is 4.33. The van der Waals surface area contributed by atoms with Gasteiger partial charge in [0.05, 0.1) is 11.2 Å². The van der Waals surface area contributed by atoms with Crippen LogP contribution < -0.4 is 10.5 Å². The van der Waals surface area contributed by atoms with Crippen molar-refractivity contribution in [2.75, 3.05) is 0 Å². The number of hydrogen-bond acceptors (Lipinski definition) is 4. The summed E-state index contributed by atoms with van der Waals surface area (Å²) in [5.74, 6) is 0. The summed E-state index contributed by atoms with van der Waals surface area (Å²) in [5, 5.41) is 6.63. The van der Waals surface area contributed by atoms with Gasteiger partial charge in [0.25, 0.3) is 0 Å². The van der Waals surface area contributed by atoms with E-state index in [-0.39, 0.29) is 21.5 Å². The molecule has 0 fully saturated rings. The summed E-state index contributed by atoms with van der Waals surface area (Å²) in [5.41, 5.74) is 7.55. The van der Waals surface area contributed by atoms with Crippen LogP contribution in [-0.4, -0.2) is 23.6 Å². The van der Waals surface area contributed by atoms with Gasteiger partial charge < -0.3 is 5.73 Å². The number of benzene rings is 1. The van der Waals surface area contributed by atoms with Crippen LogP contribution in [0.4, 0.5) is 0 Å². The Morgan fingerprint density at radius 2 is 2.24 bits per heavy atom. The van der Waals surface area contributed by atoms with Crippen LogP contribution >= 0.6 is 23.8 Å². The third-order valence-corrected chi connectivity index (χ3v) is 5.01. The molecule has 1 aromatic heterocycles. The van der Waals surface area contributed by atoms with Crippen molar-refractivity contribution in [1.82, 2.24) is 14.9 Å². The lowest BCUT2D eigenvalue weighted by Gasteiger charge is -2.09. The van der Waals surface area contributed by atoms with Crippen molar-refractivity contribution in [3.8, 4) is 0 Å². The quantitative estimate of drug-likeness (QED) is 0.713. The van der Waals surface area contributed by atoms with E-state index in [1.807, 2.05) is 0 Å². The molecule has 0 spiro atoms. The number of thiocarbonyl (C=S) groups is 1. The first-order valence-electron chi connectivity index (χ1n) is 5.89. The topological polar surface area (TPSA) is 101 Å². The van der Waals surface area contributed by atoms with E-state index in [0.717, 1.165) is 11.3 Å². The number of nitrogens with one attached hydrogen (secondary N) is 2. The Labute approximate surface area is 132 Å². The van der Waals surface area contributed by atoms with Crippen LogP contribution in [0, 0.1) is 6.92 Å². The molecule has 2 rings (SSSR count). The number of H-pyrrole nitrogens is 1. The second kappa shape index (κ2) is 6.10. The molecule has 0 aliphatic heterocycles. The molecule has 1 aromatic carbocycles. The zero-order valence-electron chi connectivity index (χ0n) is 11.1. The minimum Gasteiger partial charge on any atom is -0.389 e. The zero-order valence-corrected chi connectivity index (χ0v) is 13.4. The van der Waals surface area contributed by atoms with Crippen molar-refractivity contribution in [2.45, 2.75) is 18.4 Å². The van der Waals surface area contributed by atoms with Gasteiger partial charge in [0.1, 0.15) is 9.88 Å². The van der Waals surface area contributed by atoms with Crippen LogP contribution in [0.3, 0.4) is 0 Å². The van der Waals surface area contributed by atoms with Crippen LogP contribution in [0.5, 0.6) is 0 Å². The Morgan fingerprint density at radius 3 is 2.76 bits per heavy atom. The summed E-state index contributed by atoms with van der Waals surface area (Å²) in [6.45, 7) is 1.93. The maximum absolute atomic E-state index is 12.3. The van der Waals surface area contributed by atoms with Gasteiger partial charge in [-0.25, -0.2) is 13.1 Å². The highest BCUT2D eigenvalue weighted by molar-refractivity contribution is 7.89. The van der Waals surface area contributed by atoms with Gasteiger partial charge in [-0.1, -0.05) is 29.9 Å². The third-order valence-electron chi connectivity index (χ3n) is 2.89. The number of aromatic amines is 1. The Morgan fingerprint density at radius 1 is 1.52 bits per heavy atom. The van der Waals surface area contributed by atoms with E-state index in [0.29, 0.717) is 5.56 Å². The summed E-state index contributed by atoms with van der Waals surface area (Å²) in [6.07, 6.45) is 1.56. The number of aryl methyl sites for hydroxylation is 1. The van der Waals surface area contributed by atoms with Gasteiger partial charge in [0.15, 0.2) is 0 Å². The van der Waals surface area contributed by atoms with E-state index < -0.39 is 10.0 Å². The normalized spacial score (nSPS) is 11.5. The molecule has 0 saturated heterocycles. The summed E-state index contributed by atoms with van der Waals surface area (Å²) < 4.78 is 27.0. The van der Waals surface area contributed by atoms with Crippen molar-refractivity contribution in [1.29, 1.82) is 0 Å². The molecule has 0 aliphatic rings. The number of nitrogens with two attached hydrogens (primary N) is 1. The molecule has 9 heteroatoms. The van der Waals surface area contributed by atoms with Crippen molar-refractivity contribution in [3.63, 3.8) is 0 Å². The second-order valence-electron chi connectivity index (χ2n) is 4.35. The number of nitrogens with zero attached hydrogens (tertiary/aromatic N) is 1. The average molecular weight is 345 g/mol. The molecule has 0 unspecified atom stereocenters. The first-order chi connectivity index (χ1) is 9.81. The van der Waals surface area contributed by atoms with Gasteiger partial charge in [-0.05, 0) is 19.1 Å². The van der Waals surface area contributed by atoms with Crippen molar-refractivity contribution < 1.29 is 8.42 Å². The van der Waals surface area contributed by atoms with E-state index in [1.54, 1.807) is 13.1 Å². The number of rotatable bonds is 5. The van der Waals surface area contributed by atoms with Gasteiger partial charge in [-0.15, -0.1) is 0 Å². The lowest BCUT2D eigenvalue weighted by atomic mass is 10.2. The fraction of sp³-hybridized carbons (Fsp3) is 0.167. The third kappa shape index (κ3) is 3.59. The molecule has 0 radical (unpaired) electrons. The Bertz CT molecular complexity index is 786. The van der Waals surface area contributed by atoms with Gasteiger partial charge >= 0.3 is 0 Å². The van der Waals surface area contributed by atoms with Gasteiger partial charge in [0, 0.05) is 23.4 Å². The summed E-state index contributed by atoms with van der Waals surface area (Å²) in [4.78, 5) is 0.133. The average Bonchev–Trinajstić information content (AvgIpc) is 2.81. The summed E-state index contributed by atoms with van der Waals surface area (Å²) in [7, 11) is -3.73. The second-order valence-corrected chi connectivity index (χ2v) is 6.94. The summed E-state index contributed by atoms with van der Waals surface area (Å²) >= 11 is 10.8. The highest BCUT2D eigenvalue weighted by atomic mass is 35.5. The predicted octanol–water partition coefficient (Wildman–Crippen LogP) is 1.48. The largest absolute Gasteiger partial charge is 0.389 e. The van der Waals surface area contributed by atoms with E-state index in [9.17, 15) is 8.42 Å². The smallest absolute Gasteiger partial charge is 0.242 e.